The second-order valence-corrected chi connectivity index (χ2v) is 8.43. The van der Waals surface area contributed by atoms with Crippen LogP contribution in [0.3, 0.4) is 0 Å². The second kappa shape index (κ2) is 7.15. The van der Waals surface area contributed by atoms with Crippen LogP contribution in [0, 0.1) is 0 Å². The van der Waals surface area contributed by atoms with Crippen LogP contribution < -0.4 is 4.90 Å². The van der Waals surface area contributed by atoms with E-state index in [2.05, 4.69) is 29.2 Å². The second-order valence-electron chi connectivity index (χ2n) is 7.35. The molecule has 0 radical (unpaired) electrons. The van der Waals surface area contributed by atoms with Crippen LogP contribution in [0.25, 0.3) is 10.8 Å². The van der Waals surface area contributed by atoms with E-state index in [1.54, 1.807) is 31.7 Å². The van der Waals surface area contributed by atoms with Gasteiger partial charge in [0.15, 0.2) is 11.6 Å². The highest BCUT2D eigenvalue weighted by molar-refractivity contribution is 7.99. The lowest BCUT2D eigenvalue weighted by Crippen LogP contribution is -2.15. The minimum atomic E-state index is -0.0461. The van der Waals surface area contributed by atoms with E-state index in [9.17, 15) is 9.59 Å². The van der Waals surface area contributed by atoms with Gasteiger partial charge in [0.2, 0.25) is 0 Å². The van der Waals surface area contributed by atoms with Gasteiger partial charge in [-0.05, 0) is 50.2 Å². The van der Waals surface area contributed by atoms with Gasteiger partial charge in [0.25, 0.3) is 0 Å². The molecule has 0 aliphatic carbocycles. The van der Waals surface area contributed by atoms with Gasteiger partial charge in [0.05, 0.1) is 17.1 Å². The van der Waals surface area contributed by atoms with Gasteiger partial charge in [0, 0.05) is 31.7 Å². The van der Waals surface area contributed by atoms with Gasteiger partial charge in [-0.2, -0.15) is 0 Å². The predicted octanol–water partition coefficient (Wildman–Crippen LogP) is 7.18. The number of ketones is 2. The molecule has 4 heteroatoms. The van der Waals surface area contributed by atoms with Crippen molar-refractivity contribution in [3.8, 4) is 0 Å². The van der Waals surface area contributed by atoms with Crippen molar-refractivity contribution >= 4 is 51.2 Å². The standard InChI is InChI=1S/C26H19NO2S/c1-16(28)18-8-7-9-20-21(15-14-19(17(2)29)26(18)20)27-22-10-3-5-12-24(22)30-25-13-6-4-11-23(25)27/h3-15H,1-2H3. The Morgan fingerprint density at radius 1 is 0.633 bits per heavy atom. The average Bonchev–Trinajstić information content (AvgIpc) is 2.76. The first-order valence-corrected chi connectivity index (χ1v) is 10.6. The largest absolute Gasteiger partial charge is 0.308 e. The van der Waals surface area contributed by atoms with Crippen molar-refractivity contribution in [2.24, 2.45) is 0 Å². The molecule has 3 nitrogen and oxygen atoms in total. The molecule has 4 aromatic carbocycles. The van der Waals surface area contributed by atoms with Gasteiger partial charge in [-0.15, -0.1) is 0 Å². The maximum Gasteiger partial charge on any atom is 0.160 e. The quantitative estimate of drug-likeness (QED) is 0.296. The summed E-state index contributed by atoms with van der Waals surface area (Å²) in [7, 11) is 0. The number of carbonyl (C=O) groups excluding carboxylic acids is 2. The monoisotopic (exact) mass is 409 g/mol. The zero-order valence-corrected chi connectivity index (χ0v) is 17.5. The Morgan fingerprint density at radius 2 is 1.20 bits per heavy atom. The Kier molecular flexibility index (Phi) is 4.44. The summed E-state index contributed by atoms with van der Waals surface area (Å²) in [6.45, 7) is 3.10. The molecule has 0 bridgehead atoms. The molecular formula is C26H19NO2S. The zero-order valence-electron chi connectivity index (χ0n) is 16.7. The predicted molar refractivity (Wildman–Crippen MR) is 123 cm³/mol. The molecule has 0 spiro atoms. The van der Waals surface area contributed by atoms with Crippen molar-refractivity contribution in [3.63, 3.8) is 0 Å². The van der Waals surface area contributed by atoms with Crippen molar-refractivity contribution < 1.29 is 9.59 Å². The van der Waals surface area contributed by atoms with Crippen molar-refractivity contribution in [3.05, 3.63) is 90.0 Å². The average molecular weight is 410 g/mol. The number of Topliss-reactive ketones (excluding diaryl/α,β-unsaturated/α-hetero) is 2. The summed E-state index contributed by atoms with van der Waals surface area (Å²) >= 11 is 1.75. The molecule has 1 aliphatic rings. The van der Waals surface area contributed by atoms with E-state index in [1.807, 2.05) is 48.5 Å². The summed E-state index contributed by atoms with van der Waals surface area (Å²) in [5.41, 5.74) is 4.29. The van der Waals surface area contributed by atoms with Crippen LogP contribution in [0.4, 0.5) is 17.1 Å². The number of nitrogens with zero attached hydrogens (tertiary/aromatic N) is 1. The summed E-state index contributed by atoms with van der Waals surface area (Å²) in [6.07, 6.45) is 0. The minimum absolute atomic E-state index is 0.0461. The van der Waals surface area contributed by atoms with E-state index in [0.29, 0.717) is 11.1 Å². The van der Waals surface area contributed by atoms with Crippen molar-refractivity contribution in [1.29, 1.82) is 0 Å². The third-order valence-electron chi connectivity index (χ3n) is 5.45. The first-order valence-electron chi connectivity index (χ1n) is 9.80. The third kappa shape index (κ3) is 2.84. The summed E-state index contributed by atoms with van der Waals surface area (Å²) < 4.78 is 0. The number of para-hydroxylation sites is 2. The number of benzene rings is 4. The Morgan fingerprint density at radius 3 is 1.80 bits per heavy atom. The first kappa shape index (κ1) is 18.6. The number of fused-ring (bicyclic) bond motifs is 3. The molecule has 0 saturated heterocycles. The van der Waals surface area contributed by atoms with Crippen LogP contribution in [0.1, 0.15) is 34.6 Å². The van der Waals surface area contributed by atoms with Gasteiger partial charge < -0.3 is 4.90 Å². The summed E-state index contributed by atoms with van der Waals surface area (Å²) in [5.74, 6) is -0.0921. The van der Waals surface area contributed by atoms with Crippen molar-refractivity contribution in [2.45, 2.75) is 23.6 Å². The molecule has 0 fully saturated rings. The number of hydrogen-bond donors (Lipinski definition) is 0. The molecule has 5 rings (SSSR count). The smallest absolute Gasteiger partial charge is 0.160 e. The normalized spacial score (nSPS) is 12.4. The van der Waals surface area contributed by atoms with Crippen molar-refractivity contribution in [2.75, 3.05) is 4.90 Å². The zero-order chi connectivity index (χ0) is 20.8. The van der Waals surface area contributed by atoms with E-state index >= 15 is 0 Å². The third-order valence-corrected chi connectivity index (χ3v) is 6.58. The van der Waals surface area contributed by atoms with Gasteiger partial charge in [0.1, 0.15) is 0 Å². The lowest BCUT2D eigenvalue weighted by molar-refractivity contribution is 0.101. The van der Waals surface area contributed by atoms with Crippen LogP contribution in [-0.2, 0) is 0 Å². The fourth-order valence-electron chi connectivity index (χ4n) is 4.14. The fraction of sp³-hybridized carbons (Fsp3) is 0.0769. The molecule has 1 aliphatic heterocycles. The number of carbonyl (C=O) groups is 2. The topological polar surface area (TPSA) is 37.4 Å². The fourth-order valence-corrected chi connectivity index (χ4v) is 5.20. The first-order chi connectivity index (χ1) is 14.6. The lowest BCUT2D eigenvalue weighted by Gasteiger charge is -2.33. The molecule has 146 valence electrons. The maximum absolute atomic E-state index is 12.4. The number of hydrogen-bond acceptors (Lipinski definition) is 4. The molecule has 0 atom stereocenters. The van der Waals surface area contributed by atoms with Gasteiger partial charge >= 0.3 is 0 Å². The molecule has 30 heavy (non-hydrogen) atoms. The molecule has 0 unspecified atom stereocenters. The maximum atomic E-state index is 12.4. The van der Waals surface area contributed by atoms with Crippen LogP contribution in [0.2, 0.25) is 0 Å². The van der Waals surface area contributed by atoms with Crippen LogP contribution in [0.5, 0.6) is 0 Å². The van der Waals surface area contributed by atoms with E-state index < -0.39 is 0 Å². The molecule has 0 amide bonds. The van der Waals surface area contributed by atoms with Crippen molar-refractivity contribution in [1.82, 2.24) is 0 Å². The Labute approximate surface area is 179 Å². The van der Waals surface area contributed by atoms with Gasteiger partial charge in [-0.3, -0.25) is 9.59 Å². The highest BCUT2D eigenvalue weighted by Gasteiger charge is 2.26. The molecule has 1 heterocycles. The van der Waals surface area contributed by atoms with Crippen LogP contribution >= 0.6 is 11.8 Å². The number of rotatable bonds is 3. The van der Waals surface area contributed by atoms with E-state index in [1.165, 1.54) is 9.79 Å². The van der Waals surface area contributed by atoms with E-state index in [4.69, 9.17) is 0 Å². The van der Waals surface area contributed by atoms with Crippen LogP contribution in [0.15, 0.2) is 88.7 Å². The summed E-state index contributed by atoms with van der Waals surface area (Å²) in [4.78, 5) is 29.4. The number of anilines is 3. The molecule has 0 N–H and O–H groups in total. The highest BCUT2D eigenvalue weighted by Crippen LogP contribution is 2.52. The van der Waals surface area contributed by atoms with Crippen LogP contribution in [-0.4, -0.2) is 11.6 Å². The summed E-state index contributed by atoms with van der Waals surface area (Å²) in [5, 5.41) is 1.62. The summed E-state index contributed by atoms with van der Waals surface area (Å²) in [6, 6.07) is 26.1. The Bertz CT molecular complexity index is 1280. The molecule has 4 aromatic rings. The Balaban J connectivity index is 1.88. The Hall–Kier alpha value is -3.37. The molecular weight excluding hydrogens is 390 g/mol. The minimum Gasteiger partial charge on any atom is -0.308 e. The van der Waals surface area contributed by atoms with Gasteiger partial charge in [-0.25, -0.2) is 0 Å². The molecule has 0 aromatic heterocycles. The molecule has 0 saturated carbocycles. The lowest BCUT2D eigenvalue weighted by atomic mass is 9.93. The highest BCUT2D eigenvalue weighted by atomic mass is 32.2. The SMILES string of the molecule is CC(=O)c1cccc2c(N3c4ccccc4Sc4ccccc43)ccc(C(C)=O)c12. The van der Waals surface area contributed by atoms with E-state index in [0.717, 1.165) is 27.8 Å². The van der Waals surface area contributed by atoms with Gasteiger partial charge in [-0.1, -0.05) is 54.2 Å². The van der Waals surface area contributed by atoms with E-state index in [-0.39, 0.29) is 11.6 Å².